The van der Waals surface area contributed by atoms with E-state index in [1.54, 1.807) is 0 Å². The SMILES string of the molecule is CCCNCc1cc(Br)cc(C)c1OCCO. The molecule has 1 aromatic rings. The minimum absolute atomic E-state index is 0.0390. The molecule has 1 rings (SSSR count). The Morgan fingerprint density at radius 2 is 2.18 bits per heavy atom. The third-order valence-corrected chi connectivity index (χ3v) is 2.85. The summed E-state index contributed by atoms with van der Waals surface area (Å²) in [5.41, 5.74) is 2.21. The third-order valence-electron chi connectivity index (χ3n) is 2.40. The van der Waals surface area contributed by atoms with Crippen molar-refractivity contribution in [2.45, 2.75) is 26.8 Å². The van der Waals surface area contributed by atoms with Gasteiger partial charge < -0.3 is 15.2 Å². The van der Waals surface area contributed by atoms with Gasteiger partial charge in [-0.3, -0.25) is 0 Å². The molecule has 0 spiro atoms. The fourth-order valence-electron chi connectivity index (χ4n) is 1.68. The van der Waals surface area contributed by atoms with Gasteiger partial charge in [-0.2, -0.15) is 0 Å². The van der Waals surface area contributed by atoms with Crippen molar-refractivity contribution in [3.8, 4) is 5.75 Å². The molecule has 0 atom stereocenters. The standard InChI is InChI=1S/C13H20BrNO2/c1-3-4-15-9-11-8-12(14)7-10(2)13(11)17-6-5-16/h7-8,15-16H,3-6,9H2,1-2H3. The summed E-state index contributed by atoms with van der Waals surface area (Å²) in [7, 11) is 0. The van der Waals surface area contributed by atoms with Crippen LogP contribution in [0.2, 0.25) is 0 Å². The van der Waals surface area contributed by atoms with Crippen LogP contribution in [0.5, 0.6) is 5.75 Å². The molecule has 0 saturated carbocycles. The van der Waals surface area contributed by atoms with Crippen molar-refractivity contribution in [1.82, 2.24) is 5.32 Å². The summed E-state index contributed by atoms with van der Waals surface area (Å²) >= 11 is 3.49. The Morgan fingerprint density at radius 3 is 2.82 bits per heavy atom. The van der Waals surface area contributed by atoms with Crippen LogP contribution in [0.15, 0.2) is 16.6 Å². The average molecular weight is 302 g/mol. The van der Waals surface area contributed by atoms with Crippen molar-refractivity contribution in [2.24, 2.45) is 0 Å². The van der Waals surface area contributed by atoms with E-state index in [0.717, 1.165) is 40.9 Å². The van der Waals surface area contributed by atoms with Crippen molar-refractivity contribution in [1.29, 1.82) is 0 Å². The second-order valence-corrected chi connectivity index (χ2v) is 4.88. The zero-order valence-electron chi connectivity index (χ0n) is 10.4. The number of aliphatic hydroxyl groups is 1. The number of halogens is 1. The fraction of sp³-hybridized carbons (Fsp3) is 0.538. The van der Waals surface area contributed by atoms with Crippen molar-refractivity contribution >= 4 is 15.9 Å². The van der Waals surface area contributed by atoms with E-state index in [1.165, 1.54) is 0 Å². The Balaban J connectivity index is 2.82. The number of aryl methyl sites for hydroxylation is 1. The van der Waals surface area contributed by atoms with E-state index in [1.807, 2.05) is 13.0 Å². The van der Waals surface area contributed by atoms with Crippen molar-refractivity contribution in [3.05, 3.63) is 27.7 Å². The van der Waals surface area contributed by atoms with Gasteiger partial charge in [0.1, 0.15) is 12.4 Å². The molecule has 17 heavy (non-hydrogen) atoms. The smallest absolute Gasteiger partial charge is 0.126 e. The van der Waals surface area contributed by atoms with E-state index < -0.39 is 0 Å². The molecule has 0 unspecified atom stereocenters. The molecule has 3 nitrogen and oxygen atoms in total. The van der Waals surface area contributed by atoms with E-state index in [0.29, 0.717) is 6.61 Å². The fourth-order valence-corrected chi connectivity index (χ4v) is 2.30. The maximum Gasteiger partial charge on any atom is 0.126 e. The molecule has 0 fully saturated rings. The van der Waals surface area contributed by atoms with Gasteiger partial charge in [-0.15, -0.1) is 0 Å². The van der Waals surface area contributed by atoms with Gasteiger partial charge in [0.05, 0.1) is 6.61 Å². The molecule has 0 aliphatic carbocycles. The zero-order chi connectivity index (χ0) is 12.7. The largest absolute Gasteiger partial charge is 0.491 e. The van der Waals surface area contributed by atoms with E-state index in [4.69, 9.17) is 9.84 Å². The highest BCUT2D eigenvalue weighted by atomic mass is 79.9. The van der Waals surface area contributed by atoms with E-state index in [9.17, 15) is 0 Å². The van der Waals surface area contributed by atoms with Crippen molar-refractivity contribution in [3.63, 3.8) is 0 Å². The number of benzene rings is 1. The highest BCUT2D eigenvalue weighted by Crippen LogP contribution is 2.28. The maximum absolute atomic E-state index is 8.83. The van der Waals surface area contributed by atoms with Gasteiger partial charge in [0.15, 0.2) is 0 Å². The first kappa shape index (κ1) is 14.5. The van der Waals surface area contributed by atoms with Crippen molar-refractivity contribution < 1.29 is 9.84 Å². The molecule has 0 amide bonds. The van der Waals surface area contributed by atoms with Gasteiger partial charge in [-0.05, 0) is 37.6 Å². The number of rotatable bonds is 7. The predicted molar refractivity (Wildman–Crippen MR) is 73.5 cm³/mol. The van der Waals surface area contributed by atoms with E-state index in [2.05, 4.69) is 34.2 Å². The number of hydrogen-bond acceptors (Lipinski definition) is 3. The Bertz CT molecular complexity index is 356. The number of ether oxygens (including phenoxy) is 1. The molecule has 0 saturated heterocycles. The topological polar surface area (TPSA) is 41.5 Å². The predicted octanol–water partition coefficient (Wildman–Crippen LogP) is 2.63. The third kappa shape index (κ3) is 4.66. The quantitative estimate of drug-likeness (QED) is 0.761. The van der Waals surface area contributed by atoms with Crippen LogP contribution in [0, 0.1) is 6.92 Å². The van der Waals surface area contributed by atoms with Crippen LogP contribution in [-0.4, -0.2) is 24.9 Å². The second-order valence-electron chi connectivity index (χ2n) is 3.96. The van der Waals surface area contributed by atoms with Crippen LogP contribution >= 0.6 is 15.9 Å². The van der Waals surface area contributed by atoms with Gasteiger partial charge in [-0.1, -0.05) is 22.9 Å². The summed E-state index contributed by atoms with van der Waals surface area (Å²) < 4.78 is 6.65. The summed E-state index contributed by atoms with van der Waals surface area (Å²) in [6.07, 6.45) is 1.11. The van der Waals surface area contributed by atoms with E-state index >= 15 is 0 Å². The molecule has 1 aromatic carbocycles. The number of aliphatic hydroxyl groups excluding tert-OH is 1. The Labute approximate surface area is 111 Å². The number of hydrogen-bond donors (Lipinski definition) is 2. The highest BCUT2D eigenvalue weighted by molar-refractivity contribution is 9.10. The summed E-state index contributed by atoms with van der Waals surface area (Å²) in [6.45, 7) is 6.31. The Morgan fingerprint density at radius 1 is 1.41 bits per heavy atom. The van der Waals surface area contributed by atoms with Crippen LogP contribution < -0.4 is 10.1 Å². The molecule has 0 bridgehead atoms. The molecule has 2 N–H and O–H groups in total. The monoisotopic (exact) mass is 301 g/mol. The Hall–Kier alpha value is -0.580. The van der Waals surface area contributed by atoms with Crippen LogP contribution in [0.1, 0.15) is 24.5 Å². The van der Waals surface area contributed by atoms with Crippen molar-refractivity contribution in [2.75, 3.05) is 19.8 Å². The van der Waals surface area contributed by atoms with Gasteiger partial charge in [-0.25, -0.2) is 0 Å². The lowest BCUT2D eigenvalue weighted by atomic mass is 10.1. The van der Waals surface area contributed by atoms with Crippen LogP contribution in [-0.2, 0) is 6.54 Å². The molecule has 0 radical (unpaired) electrons. The van der Waals surface area contributed by atoms with Crippen LogP contribution in [0.25, 0.3) is 0 Å². The van der Waals surface area contributed by atoms with Gasteiger partial charge in [0.2, 0.25) is 0 Å². The molecular formula is C13H20BrNO2. The number of nitrogens with one attached hydrogen (secondary N) is 1. The minimum atomic E-state index is 0.0390. The van der Waals surface area contributed by atoms with Gasteiger partial charge in [0.25, 0.3) is 0 Å². The summed E-state index contributed by atoms with van der Waals surface area (Å²) in [5.74, 6) is 0.880. The zero-order valence-corrected chi connectivity index (χ0v) is 12.0. The molecule has 0 aliphatic heterocycles. The molecular weight excluding hydrogens is 282 g/mol. The average Bonchev–Trinajstić information content (AvgIpc) is 2.28. The summed E-state index contributed by atoms with van der Waals surface area (Å²) in [6, 6.07) is 4.08. The molecule has 4 heteroatoms. The van der Waals surface area contributed by atoms with Crippen LogP contribution in [0.3, 0.4) is 0 Å². The summed E-state index contributed by atoms with van der Waals surface area (Å²) in [4.78, 5) is 0. The summed E-state index contributed by atoms with van der Waals surface area (Å²) in [5, 5.41) is 12.2. The van der Waals surface area contributed by atoms with Gasteiger partial charge >= 0.3 is 0 Å². The molecule has 0 heterocycles. The lowest BCUT2D eigenvalue weighted by molar-refractivity contribution is 0.199. The molecule has 0 aromatic heterocycles. The van der Waals surface area contributed by atoms with Gasteiger partial charge in [0, 0.05) is 16.6 Å². The normalized spacial score (nSPS) is 10.6. The first-order valence-corrected chi connectivity index (χ1v) is 6.71. The van der Waals surface area contributed by atoms with E-state index in [-0.39, 0.29) is 6.61 Å². The second kappa shape index (κ2) is 7.69. The highest BCUT2D eigenvalue weighted by Gasteiger charge is 2.08. The maximum atomic E-state index is 8.83. The van der Waals surface area contributed by atoms with Crippen LogP contribution in [0.4, 0.5) is 0 Å². The first-order valence-electron chi connectivity index (χ1n) is 5.92. The Kier molecular flexibility index (Phi) is 6.55. The lowest BCUT2D eigenvalue weighted by Crippen LogP contribution is -2.15. The first-order chi connectivity index (χ1) is 8.19. The molecule has 96 valence electrons. The minimum Gasteiger partial charge on any atom is -0.491 e. The lowest BCUT2D eigenvalue weighted by Gasteiger charge is -2.14. The molecule has 0 aliphatic rings.